The molecule has 3 aromatic rings. The standard InChI is InChI=1S/C22H25N2O4S/c1-26-15-11-19(27-2)16(20(12-15)28-3)10-14-6-8-24(9-7-14)17-4-5-18(25)21-22(17)29-13-23-21/h4-5,11-14H,6-10H2,1-3H3. The lowest BCUT2D eigenvalue weighted by atomic mass is 9.89. The summed E-state index contributed by atoms with van der Waals surface area (Å²) >= 11 is 1.54. The summed E-state index contributed by atoms with van der Waals surface area (Å²) in [6.07, 6.45) is 3.04. The van der Waals surface area contributed by atoms with Crippen LogP contribution >= 0.6 is 11.3 Å². The summed E-state index contributed by atoms with van der Waals surface area (Å²) in [6.45, 7) is 1.91. The number of rotatable bonds is 6. The Bertz CT molecular complexity index is 971. The van der Waals surface area contributed by atoms with Crippen molar-refractivity contribution >= 4 is 27.2 Å². The van der Waals surface area contributed by atoms with Gasteiger partial charge in [-0.15, -0.1) is 11.3 Å². The molecule has 4 rings (SSSR count). The molecule has 1 radical (unpaired) electrons. The number of thiazole rings is 1. The van der Waals surface area contributed by atoms with Gasteiger partial charge in [-0.1, -0.05) is 0 Å². The SMILES string of the molecule is COc1cc(OC)c(CC2CCN(c3ccc([O])c4ncsc34)CC2)c(OC)c1. The van der Waals surface area contributed by atoms with E-state index in [2.05, 4.69) is 9.88 Å². The Labute approximate surface area is 174 Å². The Kier molecular flexibility index (Phi) is 5.67. The molecule has 1 aromatic heterocycles. The van der Waals surface area contributed by atoms with Crippen molar-refractivity contribution in [2.45, 2.75) is 19.3 Å². The number of aromatic nitrogens is 1. The van der Waals surface area contributed by atoms with Crippen molar-refractivity contribution in [3.8, 4) is 23.0 Å². The minimum Gasteiger partial charge on any atom is -0.496 e. The topological polar surface area (TPSA) is 63.7 Å². The van der Waals surface area contributed by atoms with E-state index in [4.69, 9.17) is 14.2 Å². The molecule has 1 aliphatic heterocycles. The summed E-state index contributed by atoms with van der Waals surface area (Å²) in [4.78, 5) is 6.61. The lowest BCUT2D eigenvalue weighted by molar-refractivity contribution is 0.351. The second-order valence-corrected chi connectivity index (χ2v) is 8.11. The number of hydrogen-bond donors (Lipinski definition) is 0. The summed E-state index contributed by atoms with van der Waals surface area (Å²) in [6, 6.07) is 7.41. The molecular formula is C22H25N2O4S. The number of anilines is 1. The minimum atomic E-state index is -0.00131. The maximum absolute atomic E-state index is 12.0. The highest BCUT2D eigenvalue weighted by molar-refractivity contribution is 7.17. The highest BCUT2D eigenvalue weighted by Crippen LogP contribution is 2.40. The largest absolute Gasteiger partial charge is 0.496 e. The van der Waals surface area contributed by atoms with Crippen molar-refractivity contribution < 1.29 is 19.3 Å². The fourth-order valence-electron chi connectivity index (χ4n) is 4.11. The summed E-state index contributed by atoms with van der Waals surface area (Å²) in [5.74, 6) is 2.88. The zero-order valence-corrected chi connectivity index (χ0v) is 17.8. The average molecular weight is 414 g/mol. The van der Waals surface area contributed by atoms with Crippen LogP contribution in [0.1, 0.15) is 18.4 Å². The van der Waals surface area contributed by atoms with Crippen LogP contribution in [-0.4, -0.2) is 39.4 Å². The quantitative estimate of drug-likeness (QED) is 0.574. The van der Waals surface area contributed by atoms with Gasteiger partial charge < -0.3 is 19.1 Å². The molecule has 1 saturated heterocycles. The zero-order valence-electron chi connectivity index (χ0n) is 16.9. The summed E-state index contributed by atoms with van der Waals surface area (Å²) in [7, 11) is 5.00. The van der Waals surface area contributed by atoms with Crippen molar-refractivity contribution in [3.05, 3.63) is 35.3 Å². The number of fused-ring (bicyclic) bond motifs is 1. The van der Waals surface area contributed by atoms with Crippen molar-refractivity contribution in [2.24, 2.45) is 5.92 Å². The van der Waals surface area contributed by atoms with Crippen LogP contribution in [0.2, 0.25) is 0 Å². The predicted molar refractivity (Wildman–Crippen MR) is 114 cm³/mol. The van der Waals surface area contributed by atoms with Crippen molar-refractivity contribution in [2.75, 3.05) is 39.3 Å². The van der Waals surface area contributed by atoms with Gasteiger partial charge in [0, 0.05) is 30.8 Å². The lowest BCUT2D eigenvalue weighted by Crippen LogP contribution is -2.34. The van der Waals surface area contributed by atoms with Crippen LogP contribution in [0.25, 0.3) is 10.2 Å². The molecule has 1 fully saturated rings. The highest BCUT2D eigenvalue weighted by atomic mass is 32.1. The second-order valence-electron chi connectivity index (χ2n) is 7.26. The Morgan fingerprint density at radius 3 is 2.38 bits per heavy atom. The van der Waals surface area contributed by atoms with Crippen molar-refractivity contribution in [1.29, 1.82) is 0 Å². The van der Waals surface area contributed by atoms with Gasteiger partial charge in [-0.05, 0) is 37.3 Å². The van der Waals surface area contributed by atoms with Crippen LogP contribution in [0.3, 0.4) is 0 Å². The first kappa shape index (κ1) is 19.6. The first-order valence-electron chi connectivity index (χ1n) is 9.71. The van der Waals surface area contributed by atoms with Crippen LogP contribution in [0.15, 0.2) is 29.8 Å². The fourth-order valence-corrected chi connectivity index (χ4v) is 4.95. The van der Waals surface area contributed by atoms with E-state index in [1.807, 2.05) is 18.2 Å². The van der Waals surface area contributed by atoms with E-state index in [1.165, 1.54) is 0 Å². The maximum atomic E-state index is 12.0. The number of methoxy groups -OCH3 is 3. The summed E-state index contributed by atoms with van der Waals surface area (Å²) in [5, 5.41) is 12.0. The Hall–Kier alpha value is -2.67. The van der Waals surface area contributed by atoms with Gasteiger partial charge in [0.05, 0.1) is 37.2 Å². The molecule has 2 aromatic carbocycles. The Morgan fingerprint density at radius 1 is 1.07 bits per heavy atom. The van der Waals surface area contributed by atoms with Crippen LogP contribution in [-0.2, 0) is 11.5 Å². The third-order valence-electron chi connectivity index (χ3n) is 5.69. The van der Waals surface area contributed by atoms with Crippen molar-refractivity contribution in [1.82, 2.24) is 4.98 Å². The molecule has 1 aliphatic rings. The molecular weight excluding hydrogens is 388 g/mol. The van der Waals surface area contributed by atoms with Gasteiger partial charge in [-0.25, -0.2) is 4.98 Å². The van der Waals surface area contributed by atoms with Gasteiger partial charge in [-0.3, -0.25) is 5.11 Å². The van der Waals surface area contributed by atoms with Gasteiger partial charge in [0.15, 0.2) is 0 Å². The van der Waals surface area contributed by atoms with E-state index in [1.54, 1.807) is 44.2 Å². The molecule has 29 heavy (non-hydrogen) atoms. The minimum absolute atomic E-state index is 0.00131. The lowest BCUT2D eigenvalue weighted by Gasteiger charge is -2.34. The van der Waals surface area contributed by atoms with Gasteiger partial charge >= 0.3 is 0 Å². The number of nitrogens with zero attached hydrogens (tertiary/aromatic N) is 2. The molecule has 0 atom stereocenters. The van der Waals surface area contributed by atoms with Gasteiger partial charge in [-0.2, -0.15) is 0 Å². The van der Waals surface area contributed by atoms with Crippen LogP contribution in [0.5, 0.6) is 23.0 Å². The van der Waals surface area contributed by atoms with Gasteiger partial charge in [0.25, 0.3) is 0 Å². The first-order valence-corrected chi connectivity index (χ1v) is 10.6. The predicted octanol–water partition coefficient (Wildman–Crippen LogP) is 4.93. The monoisotopic (exact) mass is 413 g/mol. The molecule has 153 valence electrons. The number of piperidine rings is 1. The van der Waals surface area contributed by atoms with Crippen LogP contribution in [0.4, 0.5) is 5.69 Å². The smallest absolute Gasteiger partial charge is 0.205 e. The van der Waals surface area contributed by atoms with E-state index < -0.39 is 0 Å². The number of benzene rings is 2. The number of ether oxygens (including phenoxy) is 3. The summed E-state index contributed by atoms with van der Waals surface area (Å²) < 4.78 is 17.6. The van der Waals surface area contributed by atoms with Crippen LogP contribution in [0, 0.1) is 5.92 Å². The maximum Gasteiger partial charge on any atom is 0.205 e. The van der Waals surface area contributed by atoms with E-state index in [9.17, 15) is 5.11 Å². The van der Waals surface area contributed by atoms with Gasteiger partial charge in [0.1, 0.15) is 22.8 Å². The van der Waals surface area contributed by atoms with E-state index >= 15 is 0 Å². The number of hydrogen-bond acceptors (Lipinski definition) is 6. The Morgan fingerprint density at radius 2 is 1.76 bits per heavy atom. The first-order chi connectivity index (χ1) is 14.1. The van der Waals surface area contributed by atoms with E-state index in [0.717, 1.165) is 65.6 Å². The molecule has 7 heteroatoms. The molecule has 0 saturated carbocycles. The second kappa shape index (κ2) is 8.37. The molecule has 0 spiro atoms. The molecule has 0 unspecified atom stereocenters. The van der Waals surface area contributed by atoms with Crippen molar-refractivity contribution in [3.63, 3.8) is 0 Å². The molecule has 0 amide bonds. The summed E-state index contributed by atoms with van der Waals surface area (Å²) in [5.41, 5.74) is 4.56. The zero-order chi connectivity index (χ0) is 20.4. The third kappa shape index (κ3) is 3.79. The van der Waals surface area contributed by atoms with Gasteiger partial charge in [0.2, 0.25) is 5.75 Å². The normalized spacial score (nSPS) is 14.9. The van der Waals surface area contributed by atoms with Crippen LogP contribution < -0.4 is 19.1 Å². The Balaban J connectivity index is 1.49. The van der Waals surface area contributed by atoms with E-state index in [-0.39, 0.29) is 5.75 Å². The molecule has 2 heterocycles. The highest BCUT2D eigenvalue weighted by Gasteiger charge is 2.25. The third-order valence-corrected chi connectivity index (χ3v) is 6.54. The molecule has 0 N–H and O–H groups in total. The van der Waals surface area contributed by atoms with E-state index in [0.29, 0.717) is 11.4 Å². The fraction of sp³-hybridized carbons (Fsp3) is 0.409. The molecule has 0 bridgehead atoms. The molecule has 0 aliphatic carbocycles. The average Bonchev–Trinajstić information content (AvgIpc) is 3.25. The molecule has 6 nitrogen and oxygen atoms in total.